The van der Waals surface area contributed by atoms with E-state index in [0.29, 0.717) is 0 Å². The first-order valence-electron chi connectivity index (χ1n) is 8.70. The molecule has 0 N–H and O–H groups in total. The smallest absolute Gasteiger partial charge is 0.550 e. The van der Waals surface area contributed by atoms with Crippen LogP contribution in [0.2, 0.25) is 0 Å². The minimum atomic E-state index is -0.954. The van der Waals surface area contributed by atoms with Crippen LogP contribution in [0.25, 0.3) is 0 Å². The van der Waals surface area contributed by atoms with Crippen molar-refractivity contribution in [2.75, 3.05) is 0 Å². The van der Waals surface area contributed by atoms with Crippen molar-refractivity contribution < 1.29 is 19.8 Å². The van der Waals surface area contributed by atoms with Crippen LogP contribution in [-0.4, -0.2) is 49.7 Å². The van der Waals surface area contributed by atoms with E-state index in [4.69, 9.17) is 0 Å². The summed E-state index contributed by atoms with van der Waals surface area (Å²) in [6, 6.07) is 0. The first-order chi connectivity index (χ1) is 10.3. The summed E-state index contributed by atoms with van der Waals surface area (Å²) >= 11 is 0. The Hall–Kier alpha value is 0.200. The molecule has 0 aliphatic carbocycles. The Morgan fingerprint density at radius 1 is 0.600 bits per heavy atom. The Morgan fingerprint density at radius 2 is 0.760 bits per heavy atom. The summed E-state index contributed by atoms with van der Waals surface area (Å²) < 4.78 is 0. The number of rotatable bonds is 4. The molecule has 0 saturated carbocycles. The van der Waals surface area contributed by atoms with E-state index in [2.05, 4.69) is 0 Å². The SMILES string of the molecule is CC(C)C(C)(C(=O)[O-])C(C)(C)C.CC(C)C(C)(C(=O)[O-])C(C)(C)C.[Ca+2]. The summed E-state index contributed by atoms with van der Waals surface area (Å²) in [7, 11) is 0. The number of carbonyl (C=O) groups is 2. The van der Waals surface area contributed by atoms with Crippen LogP contribution in [0.1, 0.15) is 83.1 Å². The molecule has 144 valence electrons. The molecular formula is C20H38CaO4. The van der Waals surface area contributed by atoms with Gasteiger partial charge in [0.1, 0.15) is 0 Å². The standard InChI is InChI=1S/2C10H20O2.Ca/c2*1-7(2)10(6,8(11)12)9(3,4)5;/h2*7H,1-6H3,(H,11,12);/q;;+2/p-2. The Morgan fingerprint density at radius 3 is 0.760 bits per heavy atom. The molecule has 0 aromatic rings. The summed E-state index contributed by atoms with van der Waals surface area (Å²) in [6.07, 6.45) is 0. The zero-order valence-electron chi connectivity index (χ0n) is 18.5. The molecule has 0 amide bonds. The van der Waals surface area contributed by atoms with Gasteiger partial charge in [-0.25, -0.2) is 0 Å². The van der Waals surface area contributed by atoms with Gasteiger partial charge in [0.2, 0.25) is 0 Å². The zero-order chi connectivity index (χ0) is 20.3. The van der Waals surface area contributed by atoms with E-state index in [9.17, 15) is 19.8 Å². The molecule has 0 bridgehead atoms. The summed E-state index contributed by atoms with van der Waals surface area (Å²) in [4.78, 5) is 22.0. The second-order valence-corrected chi connectivity index (χ2v) is 9.79. The summed E-state index contributed by atoms with van der Waals surface area (Å²) in [6.45, 7) is 22.8. The molecule has 2 unspecified atom stereocenters. The number of aliphatic carboxylic acids is 2. The molecule has 0 spiro atoms. The van der Waals surface area contributed by atoms with E-state index < -0.39 is 22.8 Å². The molecule has 0 heterocycles. The molecule has 0 rings (SSSR count). The van der Waals surface area contributed by atoms with E-state index in [1.54, 1.807) is 13.8 Å². The van der Waals surface area contributed by atoms with Gasteiger partial charge in [-0.2, -0.15) is 0 Å². The largest absolute Gasteiger partial charge is 2.00 e. The Kier molecular flexibility index (Phi) is 11.9. The van der Waals surface area contributed by atoms with Crippen molar-refractivity contribution in [2.24, 2.45) is 33.5 Å². The molecule has 2 atom stereocenters. The maximum atomic E-state index is 11.0. The summed E-state index contributed by atoms with van der Waals surface area (Å²) in [5, 5.41) is 22.0. The molecule has 0 aliphatic heterocycles. The van der Waals surface area contributed by atoms with Crippen molar-refractivity contribution in [3.05, 3.63) is 0 Å². The van der Waals surface area contributed by atoms with Crippen LogP contribution in [0.4, 0.5) is 0 Å². The van der Waals surface area contributed by atoms with Gasteiger partial charge in [-0.15, -0.1) is 0 Å². The Bertz CT molecular complexity index is 402. The van der Waals surface area contributed by atoms with Crippen LogP contribution in [0.15, 0.2) is 0 Å². The van der Waals surface area contributed by atoms with E-state index in [0.717, 1.165) is 0 Å². The fourth-order valence-electron chi connectivity index (χ4n) is 2.82. The molecule has 0 aliphatic rings. The zero-order valence-corrected chi connectivity index (χ0v) is 20.7. The van der Waals surface area contributed by atoms with Gasteiger partial charge in [0.25, 0.3) is 0 Å². The third kappa shape index (κ3) is 6.70. The summed E-state index contributed by atoms with van der Waals surface area (Å²) in [5.74, 6) is -1.74. The predicted molar refractivity (Wildman–Crippen MR) is 101 cm³/mol. The fourth-order valence-corrected chi connectivity index (χ4v) is 2.82. The van der Waals surface area contributed by atoms with E-state index in [-0.39, 0.29) is 60.4 Å². The van der Waals surface area contributed by atoms with Crippen molar-refractivity contribution in [2.45, 2.75) is 83.1 Å². The van der Waals surface area contributed by atoms with Crippen molar-refractivity contribution in [1.82, 2.24) is 0 Å². The third-order valence-corrected chi connectivity index (χ3v) is 6.27. The van der Waals surface area contributed by atoms with E-state index in [1.807, 2.05) is 69.2 Å². The average Bonchev–Trinajstić information content (AvgIpc) is 2.33. The van der Waals surface area contributed by atoms with Crippen molar-refractivity contribution in [3.8, 4) is 0 Å². The number of hydrogen-bond acceptors (Lipinski definition) is 4. The molecule has 4 nitrogen and oxygen atoms in total. The molecule has 0 radical (unpaired) electrons. The predicted octanol–water partition coefficient (Wildman–Crippen LogP) is 2.51. The molecule has 5 heteroatoms. The second kappa shape index (κ2) is 9.94. The Labute approximate surface area is 185 Å². The quantitative estimate of drug-likeness (QED) is 0.700. The topological polar surface area (TPSA) is 80.3 Å². The molecule has 0 aromatic heterocycles. The van der Waals surface area contributed by atoms with Crippen molar-refractivity contribution >= 4 is 49.7 Å². The number of carboxylic acid groups (broad SMARTS) is 2. The Balaban J connectivity index is -0.000000372. The summed E-state index contributed by atoms with van der Waals surface area (Å²) in [5.41, 5.74) is -2.04. The first-order valence-corrected chi connectivity index (χ1v) is 8.70. The van der Waals surface area contributed by atoms with Crippen molar-refractivity contribution in [3.63, 3.8) is 0 Å². The maximum absolute atomic E-state index is 11.0. The van der Waals surface area contributed by atoms with Crippen LogP contribution >= 0.6 is 0 Å². The van der Waals surface area contributed by atoms with E-state index in [1.165, 1.54) is 0 Å². The van der Waals surface area contributed by atoms with Gasteiger partial charge in [0.05, 0.1) is 0 Å². The molecular weight excluding hydrogens is 344 g/mol. The minimum Gasteiger partial charge on any atom is -0.550 e. The van der Waals surface area contributed by atoms with Crippen molar-refractivity contribution in [1.29, 1.82) is 0 Å². The van der Waals surface area contributed by atoms with Crippen LogP contribution in [0.5, 0.6) is 0 Å². The average molecular weight is 383 g/mol. The number of hydrogen-bond donors (Lipinski definition) is 0. The fraction of sp³-hybridized carbons (Fsp3) is 0.900. The van der Waals surface area contributed by atoms with Gasteiger partial charge < -0.3 is 19.8 Å². The van der Waals surface area contributed by atoms with Gasteiger partial charge in [0.15, 0.2) is 0 Å². The van der Waals surface area contributed by atoms with Crippen LogP contribution in [-0.2, 0) is 9.59 Å². The van der Waals surface area contributed by atoms with Gasteiger partial charge in [-0.05, 0) is 22.7 Å². The number of carbonyl (C=O) groups excluding carboxylic acids is 2. The van der Waals surface area contributed by atoms with Gasteiger partial charge in [-0.1, -0.05) is 83.1 Å². The number of carboxylic acids is 2. The molecule has 0 fully saturated rings. The normalized spacial score (nSPS) is 16.9. The van der Waals surface area contributed by atoms with Crippen LogP contribution in [0.3, 0.4) is 0 Å². The van der Waals surface area contributed by atoms with Crippen LogP contribution in [0, 0.1) is 33.5 Å². The van der Waals surface area contributed by atoms with Gasteiger partial charge in [0, 0.05) is 22.8 Å². The first kappa shape index (κ1) is 29.9. The second-order valence-electron chi connectivity index (χ2n) is 9.79. The maximum Gasteiger partial charge on any atom is 2.00 e. The van der Waals surface area contributed by atoms with Crippen LogP contribution < -0.4 is 10.2 Å². The monoisotopic (exact) mass is 382 g/mol. The van der Waals surface area contributed by atoms with Gasteiger partial charge >= 0.3 is 37.7 Å². The third-order valence-electron chi connectivity index (χ3n) is 6.27. The van der Waals surface area contributed by atoms with E-state index >= 15 is 0 Å². The molecule has 0 aromatic carbocycles. The van der Waals surface area contributed by atoms with Gasteiger partial charge in [-0.3, -0.25) is 0 Å². The molecule has 25 heavy (non-hydrogen) atoms. The minimum absolute atomic E-state index is 0. The molecule has 0 saturated heterocycles.